The quantitative estimate of drug-likeness (QED) is 0.737. The van der Waals surface area contributed by atoms with Gasteiger partial charge in [0.25, 0.3) is 0 Å². The molecule has 1 saturated heterocycles. The second kappa shape index (κ2) is 8.70. The summed E-state index contributed by atoms with van der Waals surface area (Å²) in [5.74, 6) is 0.325. The van der Waals surface area contributed by atoms with Gasteiger partial charge in [-0.15, -0.1) is 11.8 Å². The number of amides is 1. The van der Waals surface area contributed by atoms with Crippen LogP contribution in [0.4, 0.5) is 4.39 Å². The number of hydrogen-bond donors (Lipinski definition) is 0. The van der Waals surface area contributed by atoms with Gasteiger partial charge in [0.1, 0.15) is 5.82 Å². The van der Waals surface area contributed by atoms with Crippen molar-refractivity contribution in [2.24, 2.45) is 0 Å². The maximum absolute atomic E-state index is 13.9. The highest BCUT2D eigenvalue weighted by atomic mass is 35.5. The van der Waals surface area contributed by atoms with Crippen LogP contribution in [0, 0.1) is 5.82 Å². The van der Waals surface area contributed by atoms with E-state index in [4.69, 9.17) is 11.6 Å². The van der Waals surface area contributed by atoms with Gasteiger partial charge in [0.2, 0.25) is 5.91 Å². The van der Waals surface area contributed by atoms with Gasteiger partial charge in [-0.2, -0.15) is 0 Å². The molecule has 0 spiro atoms. The number of rotatable bonds is 5. The highest BCUT2D eigenvalue weighted by Crippen LogP contribution is 2.22. The van der Waals surface area contributed by atoms with Crippen LogP contribution in [0.15, 0.2) is 53.4 Å². The van der Waals surface area contributed by atoms with Crippen LogP contribution in [0.2, 0.25) is 5.02 Å². The fourth-order valence-electron chi connectivity index (χ4n) is 2.82. The fraction of sp³-hybridized carbons (Fsp3) is 0.316. The van der Waals surface area contributed by atoms with Gasteiger partial charge in [-0.3, -0.25) is 9.69 Å². The van der Waals surface area contributed by atoms with Crippen LogP contribution in [0.25, 0.3) is 0 Å². The minimum Gasteiger partial charge on any atom is -0.339 e. The molecule has 1 amide bonds. The summed E-state index contributed by atoms with van der Waals surface area (Å²) >= 11 is 7.65. The average Bonchev–Trinajstić information content (AvgIpc) is 2.64. The Labute approximate surface area is 156 Å². The van der Waals surface area contributed by atoms with E-state index in [0.717, 1.165) is 18.0 Å². The van der Waals surface area contributed by atoms with Crippen LogP contribution in [0.1, 0.15) is 5.56 Å². The Morgan fingerprint density at radius 3 is 2.44 bits per heavy atom. The third-order valence-electron chi connectivity index (χ3n) is 4.27. The maximum atomic E-state index is 13.9. The first-order valence-electron chi connectivity index (χ1n) is 8.24. The van der Waals surface area contributed by atoms with Gasteiger partial charge in [0, 0.05) is 48.2 Å². The molecule has 25 heavy (non-hydrogen) atoms. The van der Waals surface area contributed by atoms with Crippen molar-refractivity contribution in [1.82, 2.24) is 9.80 Å². The van der Waals surface area contributed by atoms with Crippen molar-refractivity contribution in [2.45, 2.75) is 11.4 Å². The molecule has 0 atom stereocenters. The van der Waals surface area contributed by atoms with Crippen LogP contribution in [0.5, 0.6) is 0 Å². The van der Waals surface area contributed by atoms with Gasteiger partial charge in [-0.25, -0.2) is 4.39 Å². The Morgan fingerprint density at radius 2 is 1.76 bits per heavy atom. The minimum atomic E-state index is -0.273. The molecule has 0 saturated carbocycles. The Hall–Kier alpha value is -1.56. The summed E-state index contributed by atoms with van der Waals surface area (Å²) in [6, 6.07) is 14.7. The predicted octanol–water partition coefficient (Wildman–Crippen LogP) is 3.92. The zero-order valence-corrected chi connectivity index (χ0v) is 15.4. The third-order valence-corrected chi connectivity index (χ3v) is 5.62. The van der Waals surface area contributed by atoms with Gasteiger partial charge in [0.05, 0.1) is 5.75 Å². The molecule has 1 heterocycles. The number of piperazine rings is 1. The van der Waals surface area contributed by atoms with Crippen LogP contribution in [0.3, 0.4) is 0 Å². The standard InChI is InChI=1S/C19H20ClFN2OS/c20-17-7-4-8-18(21)16(17)13-22-9-11-23(12-10-22)19(24)14-25-15-5-2-1-3-6-15/h1-8H,9-14H2. The van der Waals surface area contributed by atoms with Gasteiger partial charge in [0.15, 0.2) is 0 Å². The second-order valence-corrected chi connectivity index (χ2v) is 7.41. The van der Waals surface area contributed by atoms with E-state index in [-0.39, 0.29) is 11.7 Å². The van der Waals surface area contributed by atoms with E-state index in [1.54, 1.807) is 23.9 Å². The molecule has 1 aliphatic rings. The van der Waals surface area contributed by atoms with Gasteiger partial charge >= 0.3 is 0 Å². The van der Waals surface area contributed by atoms with Gasteiger partial charge in [-0.05, 0) is 24.3 Å². The lowest BCUT2D eigenvalue weighted by Gasteiger charge is -2.35. The molecule has 0 bridgehead atoms. The van der Waals surface area contributed by atoms with E-state index in [0.29, 0.717) is 36.0 Å². The molecule has 3 nitrogen and oxygen atoms in total. The van der Waals surface area contributed by atoms with E-state index in [9.17, 15) is 9.18 Å². The number of halogens is 2. The molecule has 132 valence electrons. The third kappa shape index (κ3) is 4.97. The van der Waals surface area contributed by atoms with Gasteiger partial charge < -0.3 is 4.90 Å². The van der Waals surface area contributed by atoms with Crippen molar-refractivity contribution in [3.05, 3.63) is 64.9 Å². The normalized spacial score (nSPS) is 15.4. The van der Waals surface area contributed by atoms with E-state index in [2.05, 4.69) is 4.90 Å². The van der Waals surface area contributed by atoms with Crippen LogP contribution in [-0.2, 0) is 11.3 Å². The lowest BCUT2D eigenvalue weighted by molar-refractivity contribution is -0.130. The number of hydrogen-bond acceptors (Lipinski definition) is 3. The number of nitrogens with zero attached hydrogens (tertiary/aromatic N) is 2. The van der Waals surface area contributed by atoms with Crippen molar-refractivity contribution in [3.8, 4) is 0 Å². The van der Waals surface area contributed by atoms with Crippen LogP contribution in [-0.4, -0.2) is 47.6 Å². The summed E-state index contributed by atoms with van der Waals surface area (Å²) in [6.07, 6.45) is 0. The fourth-order valence-corrected chi connectivity index (χ4v) is 3.86. The van der Waals surface area contributed by atoms with Crippen LogP contribution >= 0.6 is 23.4 Å². The van der Waals surface area contributed by atoms with Crippen LogP contribution < -0.4 is 0 Å². The van der Waals surface area contributed by atoms with Crippen molar-refractivity contribution < 1.29 is 9.18 Å². The molecule has 0 N–H and O–H groups in total. The summed E-state index contributed by atoms with van der Waals surface area (Å²) in [6.45, 7) is 3.27. The Morgan fingerprint density at radius 1 is 1.04 bits per heavy atom. The number of carbonyl (C=O) groups excluding carboxylic acids is 1. The molecular weight excluding hydrogens is 359 g/mol. The largest absolute Gasteiger partial charge is 0.339 e. The molecule has 2 aromatic rings. The first-order valence-corrected chi connectivity index (χ1v) is 9.61. The molecule has 0 radical (unpaired) electrons. The highest BCUT2D eigenvalue weighted by Gasteiger charge is 2.22. The summed E-state index contributed by atoms with van der Waals surface area (Å²) < 4.78 is 13.9. The molecule has 0 aliphatic carbocycles. The lowest BCUT2D eigenvalue weighted by atomic mass is 10.2. The predicted molar refractivity (Wildman–Crippen MR) is 100 cm³/mol. The summed E-state index contributed by atoms with van der Waals surface area (Å²) in [5, 5.41) is 0.456. The summed E-state index contributed by atoms with van der Waals surface area (Å²) in [4.78, 5) is 17.5. The SMILES string of the molecule is O=C(CSc1ccccc1)N1CCN(Cc2c(F)cccc2Cl)CC1. The molecule has 6 heteroatoms. The van der Waals surface area contributed by atoms with E-state index in [1.807, 2.05) is 35.2 Å². The van der Waals surface area contributed by atoms with Gasteiger partial charge in [-0.1, -0.05) is 35.9 Å². The first-order chi connectivity index (χ1) is 12.1. The number of benzene rings is 2. The highest BCUT2D eigenvalue weighted by molar-refractivity contribution is 8.00. The van der Waals surface area contributed by atoms with Crippen molar-refractivity contribution in [2.75, 3.05) is 31.9 Å². The monoisotopic (exact) mass is 378 g/mol. The topological polar surface area (TPSA) is 23.6 Å². The summed E-state index contributed by atoms with van der Waals surface area (Å²) in [7, 11) is 0. The molecule has 0 unspecified atom stereocenters. The summed E-state index contributed by atoms with van der Waals surface area (Å²) in [5.41, 5.74) is 0.531. The second-order valence-electron chi connectivity index (χ2n) is 5.96. The molecular formula is C19H20ClFN2OS. The molecule has 1 aliphatic heterocycles. The average molecular weight is 379 g/mol. The Bertz CT molecular complexity index is 700. The number of carbonyl (C=O) groups is 1. The van der Waals surface area contributed by atoms with Crippen molar-refractivity contribution in [1.29, 1.82) is 0 Å². The first kappa shape index (κ1) is 18.2. The maximum Gasteiger partial charge on any atom is 0.233 e. The molecule has 2 aromatic carbocycles. The molecule has 1 fully saturated rings. The van der Waals surface area contributed by atoms with E-state index in [1.165, 1.54) is 6.07 Å². The Balaban J connectivity index is 1.47. The zero-order chi connectivity index (χ0) is 17.6. The zero-order valence-electron chi connectivity index (χ0n) is 13.8. The smallest absolute Gasteiger partial charge is 0.233 e. The lowest BCUT2D eigenvalue weighted by Crippen LogP contribution is -2.48. The van der Waals surface area contributed by atoms with E-state index < -0.39 is 0 Å². The van der Waals surface area contributed by atoms with Crippen molar-refractivity contribution in [3.63, 3.8) is 0 Å². The van der Waals surface area contributed by atoms with E-state index >= 15 is 0 Å². The minimum absolute atomic E-state index is 0.150. The molecule has 0 aromatic heterocycles. The number of thioether (sulfide) groups is 1. The van der Waals surface area contributed by atoms with Crippen molar-refractivity contribution >= 4 is 29.3 Å². The molecule has 3 rings (SSSR count). The Kier molecular flexibility index (Phi) is 6.34.